The average molecular weight is 833 g/mol. The van der Waals surface area contributed by atoms with Crippen LogP contribution in [-0.4, -0.2) is 68.6 Å². The number of unbranched alkanes of at least 4 members (excludes halogenated alkanes) is 2. The number of hydrogen-bond acceptors (Lipinski definition) is 11. The molecule has 0 spiro atoms. The fraction of sp³-hybridized carbons (Fsp3) is 0.417. The van der Waals surface area contributed by atoms with Gasteiger partial charge in [-0.2, -0.15) is 11.8 Å². The van der Waals surface area contributed by atoms with Crippen molar-refractivity contribution in [3.05, 3.63) is 144 Å². The van der Waals surface area contributed by atoms with Gasteiger partial charge < -0.3 is 34.6 Å². The zero-order valence-corrected chi connectivity index (χ0v) is 34.9. The van der Waals surface area contributed by atoms with E-state index in [1.54, 1.807) is 42.5 Å². The Bertz CT molecular complexity index is 2050. The number of aromatic nitrogens is 2. The van der Waals surface area contributed by atoms with Crippen LogP contribution in [0.2, 0.25) is 0 Å². The summed E-state index contributed by atoms with van der Waals surface area (Å²) in [5.41, 5.74) is 5.73. The standard InChI is InChI=1S/C48H56N4O7S/c1-2-26-56-48-44(60-27-21-37-32-49-22-23-50-37)30-42(52-57-33-35-15-7-4-8-16-35)40-28-36(17-9-11-24-53)39(18-10-12-25-54)45(46(40)48)41-29-38(19-20-43(41)59-48)58-47(55)51-31-34-13-5-3-6-14-34/h2-8,13-16,19-20,22-23,28-29,32,36,39,44-46,53-54H,1,9-12,17-18,21,24-27,30-31,33H2,(H,51,55)/t36-,39+,44-,45+,46+,48+/m0/s1. The molecule has 1 aromatic heterocycles. The van der Waals surface area contributed by atoms with E-state index in [2.05, 4.69) is 27.9 Å². The molecule has 1 amide bonds. The maximum Gasteiger partial charge on any atom is 0.412 e. The molecule has 1 saturated carbocycles. The summed E-state index contributed by atoms with van der Waals surface area (Å²) in [5.74, 6) is 0.475. The molecule has 2 heterocycles. The first kappa shape index (κ1) is 43.1. The third-order valence-electron chi connectivity index (χ3n) is 11.7. The lowest BCUT2D eigenvalue weighted by Gasteiger charge is -2.58. The lowest BCUT2D eigenvalue weighted by molar-refractivity contribution is -0.223. The van der Waals surface area contributed by atoms with Crippen molar-refractivity contribution in [2.75, 3.05) is 25.6 Å². The quantitative estimate of drug-likeness (QED) is 0.0424. The van der Waals surface area contributed by atoms with Gasteiger partial charge >= 0.3 is 6.09 Å². The summed E-state index contributed by atoms with van der Waals surface area (Å²) in [4.78, 5) is 28.2. The van der Waals surface area contributed by atoms with E-state index in [9.17, 15) is 15.0 Å². The van der Waals surface area contributed by atoms with E-state index < -0.39 is 11.9 Å². The third kappa shape index (κ3) is 10.5. The van der Waals surface area contributed by atoms with E-state index in [-0.39, 0.29) is 48.7 Å². The topological polar surface area (TPSA) is 145 Å². The van der Waals surface area contributed by atoms with Crippen LogP contribution in [0.15, 0.2) is 127 Å². The number of aryl methyl sites for hydroxylation is 1. The van der Waals surface area contributed by atoms with Gasteiger partial charge in [0.1, 0.15) is 18.1 Å². The van der Waals surface area contributed by atoms with Crippen LogP contribution in [0, 0.1) is 17.8 Å². The molecule has 4 aromatic rings. The lowest BCUT2D eigenvalue weighted by Crippen LogP contribution is -2.64. The summed E-state index contributed by atoms with van der Waals surface area (Å²) in [6.45, 7) is 5.20. The number of carbonyl (C=O) groups excluding carboxylic acids is 1. The molecule has 3 N–H and O–H groups in total. The number of ether oxygens (including phenoxy) is 3. The second-order valence-corrected chi connectivity index (χ2v) is 16.9. The molecule has 3 aliphatic rings. The number of hydrogen-bond donors (Lipinski definition) is 3. The Hall–Kier alpha value is -5.01. The zero-order valence-electron chi connectivity index (χ0n) is 34.1. The molecule has 1 fully saturated rings. The Kier molecular flexibility index (Phi) is 15.4. The van der Waals surface area contributed by atoms with Crippen LogP contribution in [0.1, 0.15) is 73.2 Å². The fourth-order valence-electron chi connectivity index (χ4n) is 8.98. The van der Waals surface area contributed by atoms with Gasteiger partial charge in [-0.15, -0.1) is 6.58 Å². The predicted octanol–water partition coefficient (Wildman–Crippen LogP) is 8.57. The second-order valence-electron chi connectivity index (χ2n) is 15.6. The van der Waals surface area contributed by atoms with Crippen molar-refractivity contribution in [1.29, 1.82) is 0 Å². The van der Waals surface area contributed by atoms with Gasteiger partial charge in [0, 0.05) is 62.7 Å². The molecule has 0 saturated heterocycles. The second kappa shape index (κ2) is 21.5. The number of nitrogens with zero attached hydrogens (tertiary/aromatic N) is 3. The minimum Gasteiger partial charge on any atom is -0.460 e. The van der Waals surface area contributed by atoms with E-state index in [1.807, 2.05) is 72.8 Å². The number of oxime groups is 1. The van der Waals surface area contributed by atoms with Crippen LogP contribution in [-0.2, 0) is 29.1 Å². The van der Waals surface area contributed by atoms with Crippen molar-refractivity contribution in [2.45, 2.75) is 81.5 Å². The molecule has 11 nitrogen and oxygen atoms in total. The molecule has 1 aliphatic heterocycles. The monoisotopic (exact) mass is 832 g/mol. The predicted molar refractivity (Wildman–Crippen MR) is 234 cm³/mol. The highest BCUT2D eigenvalue weighted by Gasteiger charge is 2.64. The number of aliphatic hydroxyl groups excluding tert-OH is 2. The van der Waals surface area contributed by atoms with Gasteiger partial charge in [-0.3, -0.25) is 9.97 Å². The third-order valence-corrected chi connectivity index (χ3v) is 13.0. The SMILES string of the molecule is C=CCO[C@@]12Oc3ccc(OC(=O)NCc4ccccc4)cc3[C@H]3[C@H](CCCCO)[C@@H](CCCCO)C=C(C(=NOCc4ccccc4)C[C@@H]1SCCc1cnccn1)[C@H]32. The number of rotatable bonds is 21. The van der Waals surface area contributed by atoms with Gasteiger partial charge in [-0.25, -0.2) is 4.79 Å². The Morgan fingerprint density at radius 2 is 1.75 bits per heavy atom. The Balaban J connectivity index is 1.32. The molecule has 0 unspecified atom stereocenters. The number of aliphatic hydroxyl groups is 2. The van der Waals surface area contributed by atoms with E-state index in [0.717, 1.165) is 65.1 Å². The number of benzene rings is 3. The highest BCUT2D eigenvalue weighted by Crippen LogP contribution is 2.62. The van der Waals surface area contributed by atoms with E-state index in [1.165, 1.54) is 0 Å². The number of fused-ring (bicyclic) bond motifs is 2. The fourth-order valence-corrected chi connectivity index (χ4v) is 10.4. The van der Waals surface area contributed by atoms with Crippen LogP contribution < -0.4 is 14.8 Å². The number of carbonyl (C=O) groups is 1. The van der Waals surface area contributed by atoms with Crippen LogP contribution in [0.25, 0.3) is 0 Å². The summed E-state index contributed by atoms with van der Waals surface area (Å²) >= 11 is 1.78. The van der Waals surface area contributed by atoms with Crippen LogP contribution in [0.3, 0.4) is 0 Å². The molecular weight excluding hydrogens is 777 g/mol. The molecular formula is C48H56N4O7S. The minimum absolute atomic E-state index is 0.107. The van der Waals surface area contributed by atoms with Gasteiger partial charge in [-0.1, -0.05) is 90.8 Å². The van der Waals surface area contributed by atoms with Crippen molar-refractivity contribution >= 4 is 23.6 Å². The maximum atomic E-state index is 13.2. The molecule has 3 aromatic carbocycles. The zero-order chi connectivity index (χ0) is 41.6. The first-order chi connectivity index (χ1) is 29.5. The van der Waals surface area contributed by atoms with Gasteiger partial charge in [0.25, 0.3) is 0 Å². The van der Waals surface area contributed by atoms with Crippen molar-refractivity contribution < 1.29 is 34.1 Å². The average Bonchev–Trinajstić information content (AvgIpc) is 3.28. The smallest absolute Gasteiger partial charge is 0.412 e. The molecule has 7 rings (SSSR count). The van der Waals surface area contributed by atoms with Gasteiger partial charge in [0.2, 0.25) is 5.79 Å². The molecule has 0 radical (unpaired) electrons. The summed E-state index contributed by atoms with van der Waals surface area (Å²) in [7, 11) is 0. The Labute approximate surface area is 357 Å². The molecule has 12 heteroatoms. The summed E-state index contributed by atoms with van der Waals surface area (Å²) < 4.78 is 20.3. The maximum absolute atomic E-state index is 13.2. The largest absolute Gasteiger partial charge is 0.460 e. The number of thioether (sulfide) groups is 1. The van der Waals surface area contributed by atoms with Crippen molar-refractivity contribution in [1.82, 2.24) is 15.3 Å². The van der Waals surface area contributed by atoms with Crippen LogP contribution in [0.4, 0.5) is 4.79 Å². The first-order valence-electron chi connectivity index (χ1n) is 21.1. The molecule has 0 bridgehead atoms. The molecule has 316 valence electrons. The van der Waals surface area contributed by atoms with Crippen molar-refractivity contribution in [2.24, 2.45) is 22.9 Å². The number of allylic oxidation sites excluding steroid dienone is 1. The normalized spacial score (nSPS) is 23.4. The van der Waals surface area contributed by atoms with Crippen LogP contribution in [0.5, 0.6) is 11.5 Å². The Morgan fingerprint density at radius 1 is 0.983 bits per heavy atom. The van der Waals surface area contributed by atoms with E-state index in [0.29, 0.717) is 50.3 Å². The van der Waals surface area contributed by atoms with Gasteiger partial charge in [-0.05, 0) is 78.2 Å². The van der Waals surface area contributed by atoms with Crippen LogP contribution >= 0.6 is 11.8 Å². The molecule has 2 aliphatic carbocycles. The molecule has 60 heavy (non-hydrogen) atoms. The summed E-state index contributed by atoms with van der Waals surface area (Å²) in [6, 6.07) is 25.4. The number of nitrogens with one attached hydrogen (secondary N) is 1. The first-order valence-corrected chi connectivity index (χ1v) is 22.2. The summed E-state index contributed by atoms with van der Waals surface area (Å²) in [5, 5.41) is 27.4. The van der Waals surface area contributed by atoms with Crippen molar-refractivity contribution in [3.63, 3.8) is 0 Å². The van der Waals surface area contributed by atoms with E-state index in [4.69, 9.17) is 24.2 Å². The minimum atomic E-state index is -1.12. The lowest BCUT2D eigenvalue weighted by atomic mass is 9.56. The number of amides is 1. The van der Waals surface area contributed by atoms with E-state index >= 15 is 0 Å². The summed E-state index contributed by atoms with van der Waals surface area (Å²) in [6.07, 6.45) is 14.8. The highest BCUT2D eigenvalue weighted by atomic mass is 32.2. The van der Waals surface area contributed by atoms with Crippen molar-refractivity contribution in [3.8, 4) is 11.5 Å². The Morgan fingerprint density at radius 3 is 2.48 bits per heavy atom. The highest BCUT2D eigenvalue weighted by molar-refractivity contribution is 8.00. The van der Waals surface area contributed by atoms with Gasteiger partial charge in [0.15, 0.2) is 0 Å². The molecule has 6 atom stereocenters. The van der Waals surface area contributed by atoms with Gasteiger partial charge in [0.05, 0.1) is 29.2 Å².